The summed E-state index contributed by atoms with van der Waals surface area (Å²) >= 11 is 0. The zero-order valence-electron chi connectivity index (χ0n) is 10.6. The Morgan fingerprint density at radius 1 is 1.50 bits per heavy atom. The smallest absolute Gasteiger partial charge is 0.254 e. The van der Waals surface area contributed by atoms with Crippen molar-refractivity contribution in [3.8, 4) is 0 Å². The molecule has 1 aliphatic heterocycles. The van der Waals surface area contributed by atoms with Crippen LogP contribution < -0.4 is 0 Å². The van der Waals surface area contributed by atoms with Crippen LogP contribution in [0.1, 0.15) is 28.4 Å². The van der Waals surface area contributed by atoms with Gasteiger partial charge in [0, 0.05) is 30.9 Å². The predicted octanol–water partition coefficient (Wildman–Crippen LogP) is 2.25. The average Bonchev–Trinajstić information content (AvgIpc) is 2.67. The normalized spacial score (nSPS) is 15.3. The van der Waals surface area contributed by atoms with Gasteiger partial charge < -0.3 is 4.90 Å². The third kappa shape index (κ3) is 1.97. The fraction of sp³-hybridized carbons (Fsp3) is 0.214. The highest BCUT2D eigenvalue weighted by molar-refractivity contribution is 6.07. The molecule has 0 bridgehead atoms. The Morgan fingerprint density at radius 2 is 2.28 bits per heavy atom. The minimum absolute atomic E-state index is 0.0429. The van der Waals surface area contributed by atoms with E-state index in [9.17, 15) is 4.79 Å². The standard InChI is InChI=1S/C14H15N3O/c1-4-8-16-13(15-2)10-6-5-7-11-12(10)9-17(3)14(11)18/h4-8H,2,9H2,1,3H3/b8-4-,16-13?. The number of carbonyl (C=O) groups excluding carboxylic acids is 1. The molecular formula is C14H15N3O. The number of allylic oxidation sites excluding steroid dienone is 1. The van der Waals surface area contributed by atoms with E-state index in [0.29, 0.717) is 12.4 Å². The Morgan fingerprint density at radius 3 is 2.94 bits per heavy atom. The van der Waals surface area contributed by atoms with Gasteiger partial charge in [0.2, 0.25) is 0 Å². The largest absolute Gasteiger partial charge is 0.337 e. The summed E-state index contributed by atoms with van der Waals surface area (Å²) < 4.78 is 0. The lowest BCUT2D eigenvalue weighted by molar-refractivity contribution is 0.0816. The molecule has 4 nitrogen and oxygen atoms in total. The lowest BCUT2D eigenvalue weighted by atomic mass is 10.0. The van der Waals surface area contributed by atoms with Crippen molar-refractivity contribution in [1.29, 1.82) is 0 Å². The molecule has 1 amide bonds. The minimum Gasteiger partial charge on any atom is -0.337 e. The van der Waals surface area contributed by atoms with E-state index < -0.39 is 0 Å². The number of rotatable bonds is 2. The van der Waals surface area contributed by atoms with Crippen molar-refractivity contribution in [2.24, 2.45) is 9.98 Å². The first kappa shape index (κ1) is 12.2. The summed E-state index contributed by atoms with van der Waals surface area (Å²) in [4.78, 5) is 21.8. The van der Waals surface area contributed by atoms with Crippen LogP contribution in [0.3, 0.4) is 0 Å². The first-order valence-electron chi connectivity index (χ1n) is 5.72. The van der Waals surface area contributed by atoms with Crippen LogP contribution in [0.15, 0.2) is 40.5 Å². The molecule has 4 heteroatoms. The fourth-order valence-corrected chi connectivity index (χ4v) is 2.02. The molecule has 1 heterocycles. The molecule has 0 N–H and O–H groups in total. The predicted molar refractivity (Wildman–Crippen MR) is 73.1 cm³/mol. The van der Waals surface area contributed by atoms with Crippen LogP contribution >= 0.6 is 0 Å². The summed E-state index contributed by atoms with van der Waals surface area (Å²) in [6.07, 6.45) is 3.50. The second kappa shape index (κ2) is 4.96. The first-order valence-corrected chi connectivity index (χ1v) is 5.72. The zero-order valence-corrected chi connectivity index (χ0v) is 10.6. The number of fused-ring (bicyclic) bond motifs is 1. The van der Waals surface area contributed by atoms with E-state index >= 15 is 0 Å². The number of amidine groups is 1. The maximum Gasteiger partial charge on any atom is 0.254 e. The summed E-state index contributed by atoms with van der Waals surface area (Å²) in [5.74, 6) is 0.592. The van der Waals surface area contributed by atoms with Gasteiger partial charge in [-0.2, -0.15) is 0 Å². The van der Waals surface area contributed by atoms with E-state index in [1.165, 1.54) is 0 Å². The van der Waals surface area contributed by atoms with E-state index in [4.69, 9.17) is 0 Å². The Hall–Kier alpha value is -2.23. The molecule has 0 aromatic heterocycles. The van der Waals surface area contributed by atoms with Crippen molar-refractivity contribution in [1.82, 2.24) is 4.90 Å². The molecule has 0 unspecified atom stereocenters. The summed E-state index contributed by atoms with van der Waals surface area (Å²) in [6, 6.07) is 5.60. The van der Waals surface area contributed by atoms with Crippen LogP contribution in [0.2, 0.25) is 0 Å². The van der Waals surface area contributed by atoms with Crippen LogP contribution in [0.25, 0.3) is 0 Å². The summed E-state index contributed by atoms with van der Waals surface area (Å²) in [5, 5.41) is 0. The van der Waals surface area contributed by atoms with Crippen LogP contribution in [-0.4, -0.2) is 30.4 Å². The lowest BCUT2D eigenvalue weighted by Gasteiger charge is -2.07. The van der Waals surface area contributed by atoms with Crippen molar-refractivity contribution >= 4 is 18.5 Å². The highest BCUT2D eigenvalue weighted by Gasteiger charge is 2.27. The van der Waals surface area contributed by atoms with Gasteiger partial charge in [-0.05, 0) is 25.3 Å². The highest BCUT2D eigenvalue weighted by atomic mass is 16.2. The molecule has 0 saturated heterocycles. The quantitative estimate of drug-likeness (QED) is 0.578. The third-order valence-electron chi connectivity index (χ3n) is 2.88. The van der Waals surface area contributed by atoms with E-state index in [2.05, 4.69) is 16.7 Å². The Labute approximate surface area is 106 Å². The molecule has 92 valence electrons. The van der Waals surface area contributed by atoms with Gasteiger partial charge in [-0.15, -0.1) is 0 Å². The number of amides is 1. The Bertz CT molecular complexity index is 558. The molecule has 1 aromatic carbocycles. The third-order valence-corrected chi connectivity index (χ3v) is 2.88. The molecular weight excluding hydrogens is 226 g/mol. The van der Waals surface area contributed by atoms with Gasteiger partial charge >= 0.3 is 0 Å². The molecule has 0 saturated carbocycles. The van der Waals surface area contributed by atoms with E-state index in [0.717, 1.165) is 16.7 Å². The maximum absolute atomic E-state index is 11.9. The molecule has 1 aromatic rings. The van der Waals surface area contributed by atoms with Gasteiger partial charge in [0.15, 0.2) is 5.84 Å². The van der Waals surface area contributed by atoms with Gasteiger partial charge in [0.25, 0.3) is 5.91 Å². The number of nitrogens with zero attached hydrogens (tertiary/aromatic N) is 3. The molecule has 0 spiro atoms. The first-order chi connectivity index (χ1) is 8.69. The summed E-state index contributed by atoms with van der Waals surface area (Å²) in [6.45, 7) is 6.02. The number of hydrogen-bond donors (Lipinski definition) is 0. The van der Waals surface area contributed by atoms with Gasteiger partial charge in [-0.3, -0.25) is 4.79 Å². The Balaban J connectivity index is 2.55. The van der Waals surface area contributed by atoms with Gasteiger partial charge in [0.05, 0.1) is 0 Å². The van der Waals surface area contributed by atoms with Crippen LogP contribution in [-0.2, 0) is 6.54 Å². The van der Waals surface area contributed by atoms with Crippen molar-refractivity contribution in [2.45, 2.75) is 13.5 Å². The van der Waals surface area contributed by atoms with Crippen LogP contribution in [0.5, 0.6) is 0 Å². The monoisotopic (exact) mass is 241 g/mol. The van der Waals surface area contributed by atoms with Crippen molar-refractivity contribution in [3.63, 3.8) is 0 Å². The number of aliphatic imine (C=N–C) groups is 2. The van der Waals surface area contributed by atoms with Gasteiger partial charge in [-0.25, -0.2) is 9.98 Å². The fourth-order valence-electron chi connectivity index (χ4n) is 2.02. The lowest BCUT2D eigenvalue weighted by Crippen LogP contribution is -2.17. The minimum atomic E-state index is 0.0429. The second-order valence-electron chi connectivity index (χ2n) is 4.09. The van der Waals surface area contributed by atoms with Crippen LogP contribution in [0.4, 0.5) is 0 Å². The number of benzene rings is 1. The number of hydrogen-bond acceptors (Lipinski definition) is 2. The van der Waals surface area contributed by atoms with E-state index in [1.807, 2.05) is 31.2 Å². The molecule has 0 atom stereocenters. The average molecular weight is 241 g/mol. The van der Waals surface area contributed by atoms with Gasteiger partial charge in [-0.1, -0.05) is 18.2 Å². The van der Waals surface area contributed by atoms with Crippen molar-refractivity contribution in [2.75, 3.05) is 7.05 Å². The molecule has 0 fully saturated rings. The highest BCUT2D eigenvalue weighted by Crippen LogP contribution is 2.25. The van der Waals surface area contributed by atoms with E-state index in [1.54, 1.807) is 18.1 Å². The molecule has 2 rings (SSSR count). The van der Waals surface area contributed by atoms with Gasteiger partial charge in [0.1, 0.15) is 0 Å². The topological polar surface area (TPSA) is 45.0 Å². The second-order valence-corrected chi connectivity index (χ2v) is 4.09. The van der Waals surface area contributed by atoms with Crippen LogP contribution in [0, 0.1) is 0 Å². The Kier molecular flexibility index (Phi) is 3.37. The van der Waals surface area contributed by atoms with E-state index in [-0.39, 0.29) is 5.91 Å². The summed E-state index contributed by atoms with van der Waals surface area (Å²) in [5.41, 5.74) is 2.57. The zero-order chi connectivity index (χ0) is 13.1. The number of carbonyl (C=O) groups is 1. The van der Waals surface area contributed by atoms with Crippen molar-refractivity contribution in [3.05, 3.63) is 47.2 Å². The maximum atomic E-state index is 11.9. The summed E-state index contributed by atoms with van der Waals surface area (Å²) in [7, 11) is 1.79. The molecule has 0 radical (unpaired) electrons. The molecule has 18 heavy (non-hydrogen) atoms. The van der Waals surface area contributed by atoms with Crippen molar-refractivity contribution < 1.29 is 4.79 Å². The SMILES string of the molecule is C=NC(=N/C=C\C)c1cccc2c1CN(C)C2=O. The molecule has 1 aliphatic rings. The molecule has 0 aliphatic carbocycles.